The van der Waals surface area contributed by atoms with Crippen molar-refractivity contribution in [2.45, 2.75) is 39.3 Å². The van der Waals surface area contributed by atoms with E-state index in [9.17, 15) is 23.2 Å². The molecule has 194 valence electrons. The maximum absolute atomic E-state index is 14.4. The second-order valence-electron chi connectivity index (χ2n) is 9.11. The zero-order chi connectivity index (χ0) is 27.1. The maximum Gasteiger partial charge on any atom is 0.270 e. The molecular weight excluding hydrogens is 516 g/mol. The van der Waals surface area contributed by atoms with Crippen LogP contribution >= 0.6 is 11.6 Å². The summed E-state index contributed by atoms with van der Waals surface area (Å²) in [5.74, 6) is -2.63. The highest BCUT2D eigenvalue weighted by Crippen LogP contribution is 2.35. The van der Waals surface area contributed by atoms with Gasteiger partial charge in [-0.1, -0.05) is 29.8 Å². The lowest BCUT2D eigenvalue weighted by atomic mass is 9.96. The lowest BCUT2D eigenvalue weighted by Crippen LogP contribution is -2.30. The van der Waals surface area contributed by atoms with Crippen LogP contribution < -0.4 is 10.6 Å². The first-order valence-corrected chi connectivity index (χ1v) is 12.2. The Balaban J connectivity index is 1.41. The standard InChI is InChI=1S/C27H22ClF2N5O3/c1-13-16(14(2)36)4-5-18-17(13)6-8-22(18)34-27(38)24-10-23(33-25-21(30)12-32-35(24)25)26(37)31-11-15-3-7-20(29)19(28)9-15/h3-5,7,9-10,12,22H,6,8,11H2,1-2H3,(H,31,37)(H,34,38)/t22-/m0/s1. The summed E-state index contributed by atoms with van der Waals surface area (Å²) in [5.41, 5.74) is 3.49. The Morgan fingerprint density at radius 2 is 1.89 bits per heavy atom. The van der Waals surface area contributed by atoms with Gasteiger partial charge in [0.05, 0.1) is 17.3 Å². The fourth-order valence-electron chi connectivity index (χ4n) is 4.78. The van der Waals surface area contributed by atoms with Crippen LogP contribution in [0.5, 0.6) is 0 Å². The zero-order valence-electron chi connectivity index (χ0n) is 20.4. The van der Waals surface area contributed by atoms with Crippen molar-refractivity contribution in [2.24, 2.45) is 0 Å². The average molecular weight is 538 g/mol. The van der Waals surface area contributed by atoms with Crippen LogP contribution in [0.15, 0.2) is 42.6 Å². The predicted molar refractivity (Wildman–Crippen MR) is 135 cm³/mol. The zero-order valence-corrected chi connectivity index (χ0v) is 21.2. The quantitative estimate of drug-likeness (QED) is 0.352. The highest BCUT2D eigenvalue weighted by Gasteiger charge is 2.29. The van der Waals surface area contributed by atoms with E-state index in [0.717, 1.165) is 27.4 Å². The fourth-order valence-corrected chi connectivity index (χ4v) is 4.98. The molecule has 2 amide bonds. The first-order chi connectivity index (χ1) is 18.1. The molecule has 0 bridgehead atoms. The van der Waals surface area contributed by atoms with Gasteiger partial charge in [-0.3, -0.25) is 14.4 Å². The van der Waals surface area contributed by atoms with Crippen LogP contribution in [0.1, 0.15) is 73.0 Å². The van der Waals surface area contributed by atoms with Crippen molar-refractivity contribution in [3.05, 3.63) is 98.5 Å². The molecule has 0 spiro atoms. The monoisotopic (exact) mass is 537 g/mol. The highest BCUT2D eigenvalue weighted by atomic mass is 35.5. The summed E-state index contributed by atoms with van der Waals surface area (Å²) in [7, 11) is 0. The largest absolute Gasteiger partial charge is 0.347 e. The molecule has 5 rings (SSSR count). The van der Waals surface area contributed by atoms with Crippen LogP contribution in [0.3, 0.4) is 0 Å². The minimum atomic E-state index is -0.794. The molecule has 0 fully saturated rings. The summed E-state index contributed by atoms with van der Waals surface area (Å²) in [6, 6.07) is 8.53. The van der Waals surface area contributed by atoms with Crippen LogP contribution in [-0.2, 0) is 13.0 Å². The van der Waals surface area contributed by atoms with Gasteiger partial charge in [-0.2, -0.15) is 5.10 Å². The maximum atomic E-state index is 14.4. The van der Waals surface area contributed by atoms with Gasteiger partial charge < -0.3 is 10.6 Å². The van der Waals surface area contributed by atoms with Gasteiger partial charge in [0.15, 0.2) is 17.2 Å². The number of hydrogen-bond donors (Lipinski definition) is 2. The number of benzene rings is 2. The molecule has 1 aliphatic carbocycles. The van der Waals surface area contributed by atoms with Crippen LogP contribution in [0.25, 0.3) is 5.65 Å². The molecule has 11 heteroatoms. The molecule has 38 heavy (non-hydrogen) atoms. The number of rotatable bonds is 6. The normalized spacial score (nSPS) is 14.4. The van der Waals surface area contributed by atoms with E-state index in [2.05, 4.69) is 20.7 Å². The van der Waals surface area contributed by atoms with Gasteiger partial charge >= 0.3 is 0 Å². The summed E-state index contributed by atoms with van der Waals surface area (Å²) in [6.45, 7) is 3.42. The molecule has 4 aromatic rings. The lowest BCUT2D eigenvalue weighted by molar-refractivity contribution is 0.0927. The summed E-state index contributed by atoms with van der Waals surface area (Å²) >= 11 is 5.79. The fraction of sp³-hybridized carbons (Fsp3) is 0.222. The molecule has 1 atom stereocenters. The number of amides is 2. The van der Waals surface area contributed by atoms with Gasteiger partial charge in [0.2, 0.25) is 0 Å². The number of halogens is 3. The average Bonchev–Trinajstić information content (AvgIpc) is 3.47. The molecule has 0 radical (unpaired) electrons. The number of nitrogens with zero attached hydrogens (tertiary/aromatic N) is 3. The van der Waals surface area contributed by atoms with Crippen molar-refractivity contribution < 1.29 is 23.2 Å². The van der Waals surface area contributed by atoms with E-state index in [0.29, 0.717) is 24.0 Å². The number of aromatic nitrogens is 3. The molecule has 2 N–H and O–H groups in total. The second-order valence-corrected chi connectivity index (χ2v) is 9.52. The SMILES string of the molecule is CC(=O)c1ccc2c(c1C)CC[C@@H]2NC(=O)c1cc(C(=O)NCc2ccc(F)c(Cl)c2)nc2c(F)cnn12. The number of ketones is 1. The molecule has 1 aliphatic rings. The van der Waals surface area contributed by atoms with E-state index in [4.69, 9.17) is 11.6 Å². The van der Waals surface area contributed by atoms with Crippen molar-refractivity contribution in [2.75, 3.05) is 0 Å². The predicted octanol–water partition coefficient (Wildman–Crippen LogP) is 4.52. The second kappa shape index (κ2) is 9.94. The third-order valence-electron chi connectivity index (χ3n) is 6.71. The molecular formula is C27H22ClF2N5O3. The van der Waals surface area contributed by atoms with E-state index >= 15 is 0 Å². The smallest absolute Gasteiger partial charge is 0.270 e. The number of Topliss-reactive ketones (excluding diaryl/α,β-unsaturated/α-hetero) is 1. The summed E-state index contributed by atoms with van der Waals surface area (Å²) in [5, 5.41) is 9.39. The molecule has 8 nitrogen and oxygen atoms in total. The van der Waals surface area contributed by atoms with E-state index in [1.807, 2.05) is 13.0 Å². The summed E-state index contributed by atoms with van der Waals surface area (Å²) in [6.07, 6.45) is 2.23. The van der Waals surface area contributed by atoms with E-state index in [1.165, 1.54) is 31.2 Å². The third kappa shape index (κ3) is 4.63. The Labute approximate surface area is 221 Å². The third-order valence-corrected chi connectivity index (χ3v) is 7.00. The number of carbonyl (C=O) groups is 3. The molecule has 0 aliphatic heterocycles. The van der Waals surface area contributed by atoms with Crippen molar-refractivity contribution in [3.63, 3.8) is 0 Å². The number of hydrogen-bond acceptors (Lipinski definition) is 5. The molecule has 0 saturated heterocycles. The molecule has 0 saturated carbocycles. The topological polar surface area (TPSA) is 105 Å². The van der Waals surface area contributed by atoms with Gasteiger partial charge in [0.25, 0.3) is 11.8 Å². The van der Waals surface area contributed by atoms with Crippen molar-refractivity contribution in [1.82, 2.24) is 25.2 Å². The van der Waals surface area contributed by atoms with Gasteiger partial charge in [-0.25, -0.2) is 18.3 Å². The Morgan fingerprint density at radius 1 is 1.11 bits per heavy atom. The van der Waals surface area contributed by atoms with Crippen LogP contribution in [0.4, 0.5) is 8.78 Å². The van der Waals surface area contributed by atoms with Crippen molar-refractivity contribution >= 4 is 34.8 Å². The summed E-state index contributed by atoms with van der Waals surface area (Å²) < 4.78 is 28.9. The number of fused-ring (bicyclic) bond motifs is 2. The molecule has 2 aromatic carbocycles. The molecule has 0 unspecified atom stereocenters. The first-order valence-electron chi connectivity index (χ1n) is 11.8. The minimum absolute atomic E-state index is 0.00935. The summed E-state index contributed by atoms with van der Waals surface area (Å²) in [4.78, 5) is 42.2. The van der Waals surface area contributed by atoms with Gasteiger partial charge in [0, 0.05) is 18.2 Å². The number of carbonyl (C=O) groups excluding carboxylic acids is 3. The van der Waals surface area contributed by atoms with E-state index in [-0.39, 0.29) is 40.4 Å². The van der Waals surface area contributed by atoms with E-state index in [1.54, 1.807) is 6.07 Å². The Bertz CT molecular complexity index is 1630. The minimum Gasteiger partial charge on any atom is -0.347 e. The van der Waals surface area contributed by atoms with E-state index < -0.39 is 23.4 Å². The number of nitrogens with one attached hydrogen (secondary N) is 2. The Hall–Kier alpha value is -4.18. The van der Waals surface area contributed by atoms with Crippen LogP contribution in [-0.4, -0.2) is 32.2 Å². The van der Waals surface area contributed by atoms with Crippen LogP contribution in [0.2, 0.25) is 5.02 Å². The first kappa shape index (κ1) is 25.5. The van der Waals surface area contributed by atoms with Crippen LogP contribution in [0, 0.1) is 18.6 Å². The Morgan fingerprint density at radius 3 is 2.63 bits per heavy atom. The highest BCUT2D eigenvalue weighted by molar-refractivity contribution is 6.30. The lowest BCUT2D eigenvalue weighted by Gasteiger charge is -2.16. The molecule has 2 aromatic heterocycles. The van der Waals surface area contributed by atoms with Gasteiger partial charge in [-0.05, 0) is 61.1 Å². The Kier molecular flexibility index (Phi) is 6.66. The van der Waals surface area contributed by atoms with Crippen molar-refractivity contribution in [3.8, 4) is 0 Å². The van der Waals surface area contributed by atoms with Gasteiger partial charge in [-0.15, -0.1) is 0 Å². The van der Waals surface area contributed by atoms with Crippen molar-refractivity contribution in [1.29, 1.82) is 0 Å². The molecule has 2 heterocycles. The van der Waals surface area contributed by atoms with Gasteiger partial charge in [0.1, 0.15) is 17.2 Å².